The van der Waals surface area contributed by atoms with Gasteiger partial charge >= 0.3 is 12.0 Å². The average molecular weight is 399 g/mol. The highest BCUT2D eigenvalue weighted by molar-refractivity contribution is 6.32. The van der Waals surface area contributed by atoms with E-state index in [9.17, 15) is 14.4 Å². The second-order valence-corrected chi connectivity index (χ2v) is 6.16. The first-order valence-electron chi connectivity index (χ1n) is 8.18. The van der Waals surface area contributed by atoms with Crippen molar-refractivity contribution in [2.75, 3.05) is 13.7 Å². The van der Waals surface area contributed by atoms with Crippen molar-refractivity contribution in [2.24, 2.45) is 11.7 Å². The highest BCUT2D eigenvalue weighted by atomic mass is 35.5. The molecule has 0 bridgehead atoms. The number of carbonyl (C=O) groups is 3. The zero-order chi connectivity index (χ0) is 20.6. The number of methoxy groups -OCH3 is 1. The number of urea groups is 1. The van der Waals surface area contributed by atoms with Gasteiger partial charge in [-0.05, 0) is 36.6 Å². The second kappa shape index (κ2) is 10.4. The zero-order valence-electron chi connectivity index (χ0n) is 15.6. The second-order valence-electron chi connectivity index (χ2n) is 5.76. The smallest absolute Gasteiger partial charge is 0.331 e. The number of hydrogen-bond donors (Lipinski definition) is 2. The Balaban J connectivity index is 2.92. The summed E-state index contributed by atoms with van der Waals surface area (Å²) in [6.07, 6.45) is 1.43. The lowest BCUT2D eigenvalue weighted by atomic mass is 10.1. The fourth-order valence-corrected chi connectivity index (χ4v) is 2.41. The summed E-state index contributed by atoms with van der Waals surface area (Å²) in [5, 5.41) is 2.22. The predicted octanol–water partition coefficient (Wildman–Crippen LogP) is 2.52. The molecule has 0 heterocycles. The van der Waals surface area contributed by atoms with Gasteiger partial charge in [0.25, 0.3) is 5.91 Å². The molecule has 0 radical (unpaired) electrons. The number of nitrogens with two attached hydrogens (primary N) is 1. The van der Waals surface area contributed by atoms with Gasteiger partial charge in [0.1, 0.15) is 0 Å². The van der Waals surface area contributed by atoms with Gasteiger partial charge in [0.05, 0.1) is 18.7 Å². The molecular formula is C18H23ClN2O6. The number of primary amides is 1. The Morgan fingerprint density at radius 2 is 1.96 bits per heavy atom. The molecule has 1 aromatic rings. The van der Waals surface area contributed by atoms with Crippen LogP contribution in [0.15, 0.2) is 18.2 Å². The van der Waals surface area contributed by atoms with Crippen LogP contribution in [0.1, 0.15) is 26.3 Å². The number of ether oxygens (including phenoxy) is 3. The maximum Gasteiger partial charge on any atom is 0.331 e. The van der Waals surface area contributed by atoms with Crippen molar-refractivity contribution >= 4 is 35.6 Å². The molecule has 3 N–H and O–H groups in total. The van der Waals surface area contributed by atoms with Crippen molar-refractivity contribution in [1.29, 1.82) is 0 Å². The summed E-state index contributed by atoms with van der Waals surface area (Å²) in [7, 11) is 1.47. The van der Waals surface area contributed by atoms with Crippen molar-refractivity contribution in [2.45, 2.75) is 26.9 Å². The van der Waals surface area contributed by atoms with Crippen LogP contribution in [0.4, 0.5) is 4.79 Å². The summed E-state index contributed by atoms with van der Waals surface area (Å²) in [6.45, 7) is 5.57. The van der Waals surface area contributed by atoms with Gasteiger partial charge in [-0.3, -0.25) is 10.1 Å². The molecule has 0 unspecified atom stereocenters. The Kier molecular flexibility index (Phi) is 8.61. The van der Waals surface area contributed by atoms with Crippen LogP contribution in [0.2, 0.25) is 5.02 Å². The molecule has 9 heteroatoms. The third-order valence-electron chi connectivity index (χ3n) is 3.31. The van der Waals surface area contributed by atoms with Gasteiger partial charge in [0, 0.05) is 6.08 Å². The van der Waals surface area contributed by atoms with Crippen molar-refractivity contribution in [3.63, 3.8) is 0 Å². The Morgan fingerprint density at radius 1 is 1.30 bits per heavy atom. The van der Waals surface area contributed by atoms with Gasteiger partial charge < -0.3 is 19.9 Å². The minimum atomic E-state index is -1.16. The molecule has 8 nitrogen and oxygen atoms in total. The molecule has 0 aromatic heterocycles. The van der Waals surface area contributed by atoms with E-state index in [1.807, 2.05) is 12.2 Å². The maximum absolute atomic E-state index is 12.0. The van der Waals surface area contributed by atoms with E-state index in [0.717, 1.165) is 6.08 Å². The number of benzene rings is 1. The number of imide groups is 1. The van der Waals surface area contributed by atoms with Crippen molar-refractivity contribution in [3.05, 3.63) is 28.8 Å². The molecule has 0 aliphatic heterocycles. The van der Waals surface area contributed by atoms with E-state index >= 15 is 0 Å². The van der Waals surface area contributed by atoms with Gasteiger partial charge in [-0.2, -0.15) is 0 Å². The van der Waals surface area contributed by atoms with E-state index in [1.165, 1.54) is 13.2 Å². The first-order valence-corrected chi connectivity index (χ1v) is 8.56. The van der Waals surface area contributed by atoms with E-state index < -0.39 is 24.0 Å². The Hall–Kier alpha value is -2.74. The van der Waals surface area contributed by atoms with Crippen LogP contribution in [0.3, 0.4) is 0 Å². The summed E-state index contributed by atoms with van der Waals surface area (Å²) in [5.41, 5.74) is 5.48. The molecule has 1 aromatic carbocycles. The zero-order valence-corrected chi connectivity index (χ0v) is 16.3. The molecule has 3 amide bonds. The van der Waals surface area contributed by atoms with Crippen molar-refractivity contribution in [3.8, 4) is 11.5 Å². The first-order chi connectivity index (χ1) is 12.7. The van der Waals surface area contributed by atoms with E-state index in [1.54, 1.807) is 26.0 Å². The van der Waals surface area contributed by atoms with Crippen LogP contribution in [0, 0.1) is 5.92 Å². The number of carbonyl (C=O) groups excluding carboxylic acids is 3. The Bertz CT molecular complexity index is 733. The molecule has 0 aliphatic rings. The topological polar surface area (TPSA) is 117 Å². The molecule has 148 valence electrons. The predicted molar refractivity (Wildman–Crippen MR) is 101 cm³/mol. The lowest BCUT2D eigenvalue weighted by molar-refractivity contribution is -0.153. The number of amides is 3. The standard InChI is InChI=1S/C18H23ClN2O6/c1-5-26-16-12(19)8-11(9-13(16)25-4)6-7-14(22)27-15(10(2)3)17(23)21-18(20)24/h6-10,15H,5H2,1-4H3,(H3,20,21,23,24)/b7-6+/t15-/m1/s1. The molecule has 1 atom stereocenters. The fourth-order valence-electron chi connectivity index (χ4n) is 2.13. The number of hydrogen-bond acceptors (Lipinski definition) is 6. The number of rotatable bonds is 8. The summed E-state index contributed by atoms with van der Waals surface area (Å²) in [5.74, 6) is -1.09. The molecule has 0 aliphatic carbocycles. The van der Waals surface area contributed by atoms with Crippen molar-refractivity contribution in [1.82, 2.24) is 5.32 Å². The SMILES string of the molecule is CCOc1c(Cl)cc(/C=C/C(=O)O[C@@H](C(=O)NC(N)=O)C(C)C)cc1OC. The first kappa shape index (κ1) is 22.3. The molecular weight excluding hydrogens is 376 g/mol. The number of esters is 1. The monoisotopic (exact) mass is 398 g/mol. The lowest BCUT2D eigenvalue weighted by Crippen LogP contribution is -2.45. The molecule has 0 fully saturated rings. The van der Waals surface area contributed by atoms with E-state index in [4.69, 9.17) is 31.5 Å². The normalized spacial score (nSPS) is 11.9. The van der Waals surface area contributed by atoms with Gasteiger partial charge in [0.15, 0.2) is 17.6 Å². The highest BCUT2D eigenvalue weighted by Gasteiger charge is 2.26. The molecule has 1 rings (SSSR count). The van der Waals surface area contributed by atoms with E-state index in [0.29, 0.717) is 28.7 Å². The largest absolute Gasteiger partial charge is 0.493 e. The summed E-state index contributed by atoms with van der Waals surface area (Å²) < 4.78 is 15.8. The van der Waals surface area contributed by atoms with E-state index in [-0.39, 0.29) is 5.92 Å². The summed E-state index contributed by atoms with van der Waals surface area (Å²) in [4.78, 5) is 34.7. The van der Waals surface area contributed by atoms with Gasteiger partial charge in [-0.15, -0.1) is 0 Å². The molecule has 0 saturated carbocycles. The highest BCUT2D eigenvalue weighted by Crippen LogP contribution is 2.36. The van der Waals surface area contributed by atoms with Crippen LogP contribution in [0.5, 0.6) is 11.5 Å². The quantitative estimate of drug-likeness (QED) is 0.513. The summed E-state index contributed by atoms with van der Waals surface area (Å²) in [6, 6.07) is 2.22. The molecule has 27 heavy (non-hydrogen) atoms. The fraction of sp³-hybridized carbons (Fsp3) is 0.389. The van der Waals surface area contributed by atoms with E-state index in [2.05, 4.69) is 0 Å². The average Bonchev–Trinajstić information content (AvgIpc) is 2.58. The third kappa shape index (κ3) is 6.82. The molecule has 0 saturated heterocycles. The van der Waals surface area contributed by atoms with Gasteiger partial charge in [-0.25, -0.2) is 9.59 Å². The van der Waals surface area contributed by atoms with Crippen molar-refractivity contribution < 1.29 is 28.6 Å². The number of halogens is 1. The third-order valence-corrected chi connectivity index (χ3v) is 3.59. The Labute approximate surface area is 162 Å². The van der Waals surface area contributed by atoms with Gasteiger partial charge in [0.2, 0.25) is 0 Å². The van der Waals surface area contributed by atoms with Crippen LogP contribution in [-0.2, 0) is 14.3 Å². The minimum absolute atomic E-state index is 0.324. The number of nitrogens with one attached hydrogen (secondary N) is 1. The maximum atomic E-state index is 12.0. The van der Waals surface area contributed by atoms with Crippen LogP contribution in [-0.4, -0.2) is 37.7 Å². The summed E-state index contributed by atoms with van der Waals surface area (Å²) >= 11 is 6.17. The van der Waals surface area contributed by atoms with Gasteiger partial charge in [-0.1, -0.05) is 25.4 Å². The van der Waals surface area contributed by atoms with Crippen LogP contribution >= 0.6 is 11.6 Å². The molecule has 0 spiro atoms. The van der Waals surface area contributed by atoms with Crippen LogP contribution < -0.4 is 20.5 Å². The lowest BCUT2D eigenvalue weighted by Gasteiger charge is -2.18. The minimum Gasteiger partial charge on any atom is -0.493 e. The Morgan fingerprint density at radius 3 is 2.48 bits per heavy atom. The van der Waals surface area contributed by atoms with Crippen LogP contribution in [0.25, 0.3) is 6.08 Å².